The van der Waals surface area contributed by atoms with Crippen molar-refractivity contribution in [2.45, 2.75) is 135 Å². The highest BCUT2D eigenvalue weighted by Gasteiger charge is 2.58. The highest BCUT2D eigenvalue weighted by atomic mass is 16.3. The third-order valence-electron chi connectivity index (χ3n) is 19.6. The van der Waals surface area contributed by atoms with Gasteiger partial charge in [-0.3, -0.25) is 0 Å². The molecule has 15 rings (SSSR count). The predicted molar refractivity (Wildman–Crippen MR) is 317 cm³/mol. The second kappa shape index (κ2) is 15.0. The maximum atomic E-state index is 7.06. The first-order valence-corrected chi connectivity index (χ1v) is 27.8. The first-order chi connectivity index (χ1) is 35.9. The summed E-state index contributed by atoms with van der Waals surface area (Å²) in [7, 11) is 0. The van der Waals surface area contributed by atoms with E-state index in [9.17, 15) is 0 Å². The standard InChI is InChI=1S/C69H66BN3O2/c1-41-35-58-62-59(36-41)72(55-24-18-22-47-45-20-12-14-26-61(45)75-64(47)55)57-40-49-48(66(5,6)33-34-67(49,7)8)39-52(57)70(62)51-29-28-43(38-56(51)71(58)54-23-17-21-46-44-19-11-13-25-60(44)74-63(46)54)73-53-30-27-42(65(2,3)4)37-50(53)68(9)31-15-16-32-69(68,73)10/h11-14,17-30,35-40H,15-16,31-34H2,1-10H3. The van der Waals surface area contributed by atoms with Gasteiger partial charge in [0, 0.05) is 61.1 Å². The van der Waals surface area contributed by atoms with Crippen molar-refractivity contribution in [2.75, 3.05) is 14.7 Å². The van der Waals surface area contributed by atoms with Crippen LogP contribution in [0.3, 0.4) is 0 Å². The second-order valence-electron chi connectivity index (χ2n) is 25.9. The molecule has 0 radical (unpaired) electrons. The van der Waals surface area contributed by atoms with Crippen molar-refractivity contribution in [1.82, 2.24) is 0 Å². The van der Waals surface area contributed by atoms with Gasteiger partial charge in [-0.2, -0.15) is 0 Å². The molecule has 2 unspecified atom stereocenters. The smallest absolute Gasteiger partial charge is 0.252 e. The molecule has 0 spiro atoms. The van der Waals surface area contributed by atoms with E-state index in [2.05, 4.69) is 230 Å². The lowest BCUT2D eigenvalue weighted by atomic mass is 9.33. The van der Waals surface area contributed by atoms with E-state index in [1.807, 2.05) is 0 Å². The van der Waals surface area contributed by atoms with Crippen LogP contribution < -0.4 is 31.1 Å². The SMILES string of the molecule is Cc1cc2c3c(c1)N(c1cccc4c1oc1ccccc14)c1cc4c(cc1B3c1ccc(N3c5ccc(C(C)(C)C)cc5C5(C)CCCCC35C)cc1N2c1cccc2c1oc1ccccc12)C(C)(C)CCC4(C)C. The Labute approximate surface area is 442 Å². The molecule has 8 aromatic carbocycles. The van der Waals surface area contributed by atoms with Gasteiger partial charge in [-0.1, -0.05) is 153 Å². The van der Waals surface area contributed by atoms with Crippen LogP contribution in [0.5, 0.6) is 0 Å². The van der Waals surface area contributed by atoms with Crippen molar-refractivity contribution in [2.24, 2.45) is 0 Å². The van der Waals surface area contributed by atoms with Gasteiger partial charge in [0.15, 0.2) is 11.2 Å². The number of furan rings is 2. The van der Waals surface area contributed by atoms with E-state index in [1.54, 1.807) is 0 Å². The summed E-state index contributed by atoms with van der Waals surface area (Å²) in [5.74, 6) is 0. The largest absolute Gasteiger partial charge is 0.454 e. The Bertz CT molecular complexity index is 4110. The Hall–Kier alpha value is -7.18. The van der Waals surface area contributed by atoms with E-state index in [-0.39, 0.29) is 33.9 Å². The summed E-state index contributed by atoms with van der Waals surface area (Å²) >= 11 is 0. The highest BCUT2D eigenvalue weighted by Crippen LogP contribution is 2.62. The lowest BCUT2D eigenvalue weighted by Gasteiger charge is -2.51. The number of rotatable bonds is 3. The molecule has 372 valence electrons. The summed E-state index contributed by atoms with van der Waals surface area (Å²) in [6.07, 6.45) is 7.05. The molecule has 2 atom stereocenters. The van der Waals surface area contributed by atoms with Gasteiger partial charge in [-0.25, -0.2) is 0 Å². The van der Waals surface area contributed by atoms with E-state index in [0.717, 1.165) is 74.5 Å². The van der Waals surface area contributed by atoms with E-state index < -0.39 is 0 Å². The minimum Gasteiger partial charge on any atom is -0.454 e. The highest BCUT2D eigenvalue weighted by molar-refractivity contribution is 7.00. The summed E-state index contributed by atoms with van der Waals surface area (Å²) in [6, 6.07) is 55.7. The van der Waals surface area contributed by atoms with Crippen LogP contribution in [0, 0.1) is 6.92 Å². The maximum Gasteiger partial charge on any atom is 0.252 e. The lowest BCUT2D eigenvalue weighted by Crippen LogP contribution is -2.62. The molecule has 75 heavy (non-hydrogen) atoms. The van der Waals surface area contributed by atoms with Gasteiger partial charge in [0.1, 0.15) is 11.2 Å². The van der Waals surface area contributed by atoms with Crippen LogP contribution >= 0.6 is 0 Å². The molecule has 10 aromatic rings. The van der Waals surface area contributed by atoms with Gasteiger partial charge in [0.2, 0.25) is 0 Å². The summed E-state index contributed by atoms with van der Waals surface area (Å²) in [5, 5.41) is 4.52. The molecular weight excluding hydrogens is 914 g/mol. The van der Waals surface area contributed by atoms with E-state index in [4.69, 9.17) is 8.83 Å². The number of para-hydroxylation sites is 4. The Kier molecular flexibility index (Phi) is 9.06. The monoisotopic (exact) mass is 980 g/mol. The van der Waals surface area contributed by atoms with Crippen molar-refractivity contribution in [3.05, 3.63) is 173 Å². The van der Waals surface area contributed by atoms with Gasteiger partial charge in [-0.15, -0.1) is 0 Å². The second-order valence-corrected chi connectivity index (χ2v) is 25.9. The van der Waals surface area contributed by atoms with Gasteiger partial charge >= 0.3 is 0 Å². The molecule has 0 saturated heterocycles. The zero-order valence-corrected chi connectivity index (χ0v) is 45.3. The Morgan fingerprint density at radius 1 is 0.467 bits per heavy atom. The lowest BCUT2D eigenvalue weighted by molar-refractivity contribution is 0.195. The topological polar surface area (TPSA) is 36.0 Å². The number of hydrogen-bond donors (Lipinski definition) is 0. The Morgan fingerprint density at radius 2 is 1.03 bits per heavy atom. The van der Waals surface area contributed by atoms with Crippen molar-refractivity contribution >= 4 is 112 Å². The normalized spacial score (nSPS) is 21.1. The zero-order chi connectivity index (χ0) is 51.3. The molecule has 0 bridgehead atoms. The van der Waals surface area contributed by atoms with E-state index in [1.165, 1.54) is 97.6 Å². The summed E-state index contributed by atoms with van der Waals surface area (Å²) in [4.78, 5) is 7.94. The van der Waals surface area contributed by atoms with Crippen LogP contribution in [0.2, 0.25) is 0 Å². The van der Waals surface area contributed by atoms with Gasteiger partial charge in [-0.05, 0) is 161 Å². The number of aryl methyl sites for hydroxylation is 1. The molecular formula is C69H66BN3O2. The summed E-state index contributed by atoms with van der Waals surface area (Å²) in [5.41, 5.74) is 24.0. The van der Waals surface area contributed by atoms with Crippen molar-refractivity contribution in [1.29, 1.82) is 0 Å². The fourth-order valence-electron chi connectivity index (χ4n) is 15.3. The number of anilines is 8. The molecule has 0 amide bonds. The van der Waals surface area contributed by atoms with Crippen LogP contribution in [0.25, 0.3) is 43.9 Å². The zero-order valence-electron chi connectivity index (χ0n) is 45.3. The third kappa shape index (κ3) is 6.03. The minimum absolute atomic E-state index is 0.000201. The Morgan fingerprint density at radius 3 is 1.64 bits per heavy atom. The summed E-state index contributed by atoms with van der Waals surface area (Å²) < 4.78 is 14.1. The summed E-state index contributed by atoms with van der Waals surface area (Å²) in [6.45, 7) is 24.3. The van der Waals surface area contributed by atoms with Crippen molar-refractivity contribution < 1.29 is 8.83 Å². The number of hydrogen-bond acceptors (Lipinski definition) is 5. The fraction of sp³-hybridized carbons (Fsp3) is 0.304. The minimum atomic E-state index is -0.120. The van der Waals surface area contributed by atoms with Crippen molar-refractivity contribution in [3.8, 4) is 0 Å². The molecule has 5 nitrogen and oxygen atoms in total. The molecule has 3 aliphatic heterocycles. The molecule has 2 aliphatic carbocycles. The first kappa shape index (κ1) is 45.2. The average Bonchev–Trinajstić information content (AvgIpc) is 4.07. The molecule has 2 aromatic heterocycles. The number of nitrogens with zero attached hydrogens (tertiary/aromatic N) is 3. The molecule has 6 heteroatoms. The van der Waals surface area contributed by atoms with Crippen LogP contribution in [0.15, 0.2) is 154 Å². The molecule has 0 N–H and O–H groups in total. The van der Waals surface area contributed by atoms with Crippen LogP contribution in [-0.2, 0) is 21.7 Å². The van der Waals surface area contributed by atoms with Gasteiger partial charge < -0.3 is 23.5 Å². The van der Waals surface area contributed by atoms with Crippen LogP contribution in [0.4, 0.5) is 45.5 Å². The van der Waals surface area contributed by atoms with Crippen molar-refractivity contribution in [3.63, 3.8) is 0 Å². The molecule has 1 fully saturated rings. The quantitative estimate of drug-likeness (QED) is 0.165. The Balaban J connectivity index is 1.05. The fourth-order valence-corrected chi connectivity index (χ4v) is 15.3. The van der Waals surface area contributed by atoms with E-state index >= 15 is 0 Å². The van der Waals surface area contributed by atoms with E-state index in [0.29, 0.717) is 0 Å². The van der Waals surface area contributed by atoms with Crippen LogP contribution in [0.1, 0.15) is 129 Å². The predicted octanol–water partition coefficient (Wildman–Crippen LogP) is 17.3. The van der Waals surface area contributed by atoms with Gasteiger partial charge in [0.25, 0.3) is 6.71 Å². The third-order valence-corrected chi connectivity index (χ3v) is 19.6. The number of fused-ring (bicyclic) bond motifs is 14. The maximum absolute atomic E-state index is 7.06. The van der Waals surface area contributed by atoms with Gasteiger partial charge in [0.05, 0.1) is 16.9 Å². The molecule has 1 saturated carbocycles. The number of benzene rings is 8. The van der Waals surface area contributed by atoms with Crippen LogP contribution in [-0.4, -0.2) is 12.3 Å². The molecule has 5 aliphatic rings. The first-order valence-electron chi connectivity index (χ1n) is 27.8. The molecule has 5 heterocycles. The average molecular weight is 980 g/mol.